The number of nitrogens with one attached hydrogen (secondary N) is 1. The summed E-state index contributed by atoms with van der Waals surface area (Å²) in [6.45, 7) is 1.20. The third-order valence-electron chi connectivity index (χ3n) is 13.3. The summed E-state index contributed by atoms with van der Waals surface area (Å²) in [7, 11) is 0. The van der Waals surface area contributed by atoms with E-state index in [1.165, 1.54) is 6.07 Å². The Labute approximate surface area is 395 Å². The molecule has 11 aromatic rings. The van der Waals surface area contributed by atoms with E-state index in [1.807, 2.05) is 164 Å². The quantitative estimate of drug-likeness (QED) is 0.137. The normalized spacial score (nSPS) is 13.5. The number of pyridine rings is 4. The molecular weight excluding hydrogens is 861 g/mol. The molecule has 2 fully saturated rings. The molecule has 2 aliphatic rings. The molecule has 5 aromatic carbocycles. The summed E-state index contributed by atoms with van der Waals surface area (Å²) in [4.78, 5) is 55.6. The smallest absolute Gasteiger partial charge is 0.329 e. The Hall–Kier alpha value is -8.64. The topological polar surface area (TPSA) is 135 Å². The van der Waals surface area contributed by atoms with Crippen LogP contribution in [-0.2, 0) is 19.7 Å². The van der Waals surface area contributed by atoms with E-state index in [0.29, 0.717) is 37.7 Å². The number of nitrogens with zero attached hydrogens (tertiary/aromatic N) is 7. The first-order chi connectivity index (χ1) is 34.0. The monoisotopic (exact) mass is 906 g/mol. The van der Waals surface area contributed by atoms with Crippen LogP contribution in [0.3, 0.4) is 0 Å². The zero-order chi connectivity index (χ0) is 46.4. The average Bonchev–Trinajstić information content (AvgIpc) is 4.35. The molecule has 0 atom stereocenters. The molecule has 2 saturated carbocycles. The first kappa shape index (κ1) is 41.8. The van der Waals surface area contributed by atoms with Gasteiger partial charge in [0.05, 0.1) is 46.5 Å². The van der Waals surface area contributed by atoms with E-state index < -0.39 is 0 Å². The van der Waals surface area contributed by atoms with Crippen molar-refractivity contribution in [3.8, 4) is 28.1 Å². The number of imidazole rings is 2. The third-order valence-corrected chi connectivity index (χ3v) is 13.3. The molecule has 12 nitrogen and oxygen atoms in total. The van der Waals surface area contributed by atoms with Gasteiger partial charge in [0.1, 0.15) is 6.61 Å². The lowest BCUT2D eigenvalue weighted by Crippen LogP contribution is -2.24. The maximum Gasteiger partial charge on any atom is 0.329 e. The number of para-hydroxylation sites is 4. The predicted octanol–water partition coefficient (Wildman–Crippen LogP) is 10.5. The number of ether oxygens (including phenoxy) is 1. The Morgan fingerprint density at radius 3 is 1.49 bits per heavy atom. The Balaban J connectivity index is 0.000000146. The Bertz CT molecular complexity index is 3880. The lowest BCUT2D eigenvalue weighted by Gasteiger charge is -2.14. The summed E-state index contributed by atoms with van der Waals surface area (Å²) in [5, 5.41) is 4.18. The number of hydrogen-bond acceptors (Lipinski definition) is 7. The van der Waals surface area contributed by atoms with Gasteiger partial charge in [0.25, 0.3) is 0 Å². The van der Waals surface area contributed by atoms with Crippen LogP contribution in [0.25, 0.3) is 65.9 Å². The SMILES string of the molecule is O=c1ccc(-c2c(Cn3c(=O)n(C4CC4)c4ccccc43)ncc3ccccc23)c[nH]1.O=c1n(Cc2ncc3ccccc3c2-c2ccc(OCc3ccccc3)nc2)c2ccccc2n1C1CC1. The molecule has 0 aliphatic heterocycles. The molecule has 6 heterocycles. The minimum absolute atomic E-state index is 0.00563. The van der Waals surface area contributed by atoms with Crippen LogP contribution in [0.5, 0.6) is 5.88 Å². The Morgan fingerprint density at radius 2 is 0.986 bits per heavy atom. The van der Waals surface area contributed by atoms with E-state index in [4.69, 9.17) is 14.7 Å². The van der Waals surface area contributed by atoms with E-state index in [1.54, 1.807) is 6.20 Å². The Kier molecular flexibility index (Phi) is 10.6. The fourth-order valence-electron chi connectivity index (χ4n) is 9.65. The van der Waals surface area contributed by atoms with Gasteiger partial charge in [0.15, 0.2) is 0 Å². The second-order valence-electron chi connectivity index (χ2n) is 17.9. The van der Waals surface area contributed by atoms with E-state index >= 15 is 0 Å². The second kappa shape index (κ2) is 17.5. The summed E-state index contributed by atoms with van der Waals surface area (Å²) in [5.41, 5.74) is 10.2. The van der Waals surface area contributed by atoms with Gasteiger partial charge in [0, 0.05) is 82.0 Å². The van der Waals surface area contributed by atoms with Crippen LogP contribution in [0, 0.1) is 0 Å². The number of hydrogen-bond donors (Lipinski definition) is 1. The molecule has 13 rings (SSSR count). The van der Waals surface area contributed by atoms with Gasteiger partial charge in [-0.1, -0.05) is 103 Å². The zero-order valence-corrected chi connectivity index (χ0v) is 37.6. The maximum atomic E-state index is 13.6. The third kappa shape index (κ3) is 7.99. The largest absolute Gasteiger partial charge is 0.473 e. The molecule has 0 bridgehead atoms. The average molecular weight is 907 g/mol. The van der Waals surface area contributed by atoms with Crippen LogP contribution in [0.15, 0.2) is 191 Å². The first-order valence-corrected chi connectivity index (χ1v) is 23.4. The van der Waals surface area contributed by atoms with Gasteiger partial charge in [-0.3, -0.25) is 33.0 Å². The van der Waals surface area contributed by atoms with Gasteiger partial charge in [-0.2, -0.15) is 0 Å². The van der Waals surface area contributed by atoms with Crippen molar-refractivity contribution in [3.05, 3.63) is 225 Å². The molecule has 1 N–H and O–H groups in total. The summed E-state index contributed by atoms with van der Waals surface area (Å²) >= 11 is 0. The fraction of sp³-hybridized carbons (Fsp3) is 0.158. The van der Waals surface area contributed by atoms with Gasteiger partial charge >= 0.3 is 11.4 Å². The van der Waals surface area contributed by atoms with Gasteiger partial charge in [0.2, 0.25) is 11.4 Å². The number of aromatic amines is 1. The predicted molar refractivity (Wildman–Crippen MR) is 271 cm³/mol. The first-order valence-electron chi connectivity index (χ1n) is 23.4. The molecule has 2 aliphatic carbocycles. The van der Waals surface area contributed by atoms with Crippen molar-refractivity contribution in [2.24, 2.45) is 0 Å². The molecule has 12 heteroatoms. The van der Waals surface area contributed by atoms with Gasteiger partial charge < -0.3 is 9.72 Å². The molecule has 338 valence electrons. The summed E-state index contributed by atoms with van der Waals surface area (Å²) in [6, 6.07) is 50.2. The minimum Gasteiger partial charge on any atom is -0.473 e. The van der Waals surface area contributed by atoms with Crippen molar-refractivity contribution in [1.29, 1.82) is 0 Å². The van der Waals surface area contributed by atoms with Crippen LogP contribution in [-0.4, -0.2) is 38.2 Å². The molecule has 0 saturated heterocycles. The fourth-order valence-corrected chi connectivity index (χ4v) is 9.65. The van der Waals surface area contributed by atoms with E-state index in [9.17, 15) is 14.4 Å². The van der Waals surface area contributed by atoms with Crippen molar-refractivity contribution in [3.63, 3.8) is 0 Å². The van der Waals surface area contributed by atoms with E-state index in [0.717, 1.165) is 109 Å². The van der Waals surface area contributed by atoms with Crippen LogP contribution < -0.4 is 21.7 Å². The number of fused-ring (bicyclic) bond motifs is 4. The highest BCUT2D eigenvalue weighted by Gasteiger charge is 2.30. The van der Waals surface area contributed by atoms with Crippen molar-refractivity contribution in [1.82, 2.24) is 38.2 Å². The Morgan fingerprint density at radius 1 is 0.493 bits per heavy atom. The summed E-state index contributed by atoms with van der Waals surface area (Å²) in [6.07, 6.45) is 11.5. The molecule has 69 heavy (non-hydrogen) atoms. The second-order valence-corrected chi connectivity index (χ2v) is 17.9. The van der Waals surface area contributed by atoms with Gasteiger partial charge in [-0.15, -0.1) is 0 Å². The van der Waals surface area contributed by atoms with Crippen LogP contribution in [0.1, 0.15) is 54.7 Å². The van der Waals surface area contributed by atoms with Crippen molar-refractivity contribution in [2.45, 2.75) is 57.5 Å². The maximum absolute atomic E-state index is 13.6. The molecule has 6 aromatic heterocycles. The summed E-state index contributed by atoms with van der Waals surface area (Å²) in [5.74, 6) is 0.566. The lowest BCUT2D eigenvalue weighted by atomic mass is 9.98. The number of H-pyrrole nitrogens is 1. The molecule has 0 unspecified atom stereocenters. The van der Waals surface area contributed by atoms with Crippen LogP contribution in [0.2, 0.25) is 0 Å². The lowest BCUT2D eigenvalue weighted by molar-refractivity contribution is 0.294. The number of rotatable bonds is 11. The molecular formula is C57H46N8O4. The molecule has 0 spiro atoms. The minimum atomic E-state index is -0.151. The van der Waals surface area contributed by atoms with Gasteiger partial charge in [-0.05, 0) is 78.4 Å². The zero-order valence-electron chi connectivity index (χ0n) is 37.6. The highest BCUT2D eigenvalue weighted by atomic mass is 16.5. The van der Waals surface area contributed by atoms with Gasteiger partial charge in [-0.25, -0.2) is 14.6 Å². The van der Waals surface area contributed by atoms with Crippen LogP contribution >= 0.6 is 0 Å². The molecule has 0 radical (unpaired) electrons. The van der Waals surface area contributed by atoms with Crippen molar-refractivity contribution in [2.75, 3.05) is 0 Å². The highest BCUT2D eigenvalue weighted by Crippen LogP contribution is 2.38. The standard InChI is InChI=1S/C32H26N4O2.C25H20N4O2/c37-32-35(28-12-6-7-13-29(28)36(32)25-15-16-25)20-27-31(26-11-5-4-10-23(26)18-33-27)24-14-17-30(34-19-24)38-21-22-8-2-1-3-9-22;30-23-12-9-17(14-27-23)24-19-6-2-1-5-16(19)13-26-20(24)15-28-21-7-3-4-8-22(21)29(25(28)31)18-10-11-18/h1-14,17-19,25H,15-16,20-21H2;1-9,12-14,18H,10-11,15H2,(H,27,30). The molecule has 0 amide bonds. The van der Waals surface area contributed by atoms with Crippen molar-refractivity contribution < 1.29 is 4.74 Å². The summed E-state index contributed by atoms with van der Waals surface area (Å²) < 4.78 is 13.5. The van der Waals surface area contributed by atoms with Crippen molar-refractivity contribution >= 4 is 43.6 Å². The van der Waals surface area contributed by atoms with E-state index in [-0.39, 0.29) is 16.9 Å². The highest BCUT2D eigenvalue weighted by molar-refractivity contribution is 5.98. The number of aromatic nitrogens is 8. The number of benzene rings is 5. The van der Waals surface area contributed by atoms with Crippen LogP contribution in [0.4, 0.5) is 0 Å². The van der Waals surface area contributed by atoms with E-state index in [2.05, 4.69) is 28.2 Å².